The molecule has 0 aliphatic carbocycles. The third-order valence-electron chi connectivity index (χ3n) is 6.48. The summed E-state index contributed by atoms with van der Waals surface area (Å²) in [6.45, 7) is 9.02. The van der Waals surface area contributed by atoms with Crippen molar-refractivity contribution in [3.8, 4) is 5.75 Å². The van der Waals surface area contributed by atoms with Crippen LogP contribution in [0.3, 0.4) is 0 Å². The molecule has 0 aromatic heterocycles. The number of fused-ring (bicyclic) bond motifs is 1. The average Bonchev–Trinajstić information content (AvgIpc) is 2.76. The Morgan fingerprint density at radius 2 is 1.82 bits per heavy atom. The molecule has 2 aliphatic rings. The van der Waals surface area contributed by atoms with Crippen LogP contribution >= 0.6 is 0 Å². The number of hydrogen-bond acceptors (Lipinski definition) is 5. The molecule has 0 spiro atoms. The monoisotopic (exact) mass is 447 g/mol. The van der Waals surface area contributed by atoms with Crippen LogP contribution < -0.4 is 19.9 Å². The van der Waals surface area contributed by atoms with E-state index in [9.17, 15) is 14.4 Å². The SMILES string of the molecule is CCOc1ccc(N2C(=O)NC(=O)/C(=C\c3ccc4c(c3)[C@@H](C)CC(C)(C)N4C)C2=O)cc1. The molecule has 7 heteroatoms. The van der Waals surface area contributed by atoms with Gasteiger partial charge >= 0.3 is 6.03 Å². The lowest BCUT2D eigenvalue weighted by atomic mass is 9.80. The van der Waals surface area contributed by atoms with E-state index < -0.39 is 17.8 Å². The number of urea groups is 1. The van der Waals surface area contributed by atoms with E-state index in [0.717, 1.165) is 22.6 Å². The van der Waals surface area contributed by atoms with Gasteiger partial charge < -0.3 is 9.64 Å². The van der Waals surface area contributed by atoms with Gasteiger partial charge in [-0.05, 0) is 86.7 Å². The summed E-state index contributed by atoms with van der Waals surface area (Å²) >= 11 is 0. The largest absolute Gasteiger partial charge is 0.494 e. The van der Waals surface area contributed by atoms with Crippen molar-refractivity contribution in [2.24, 2.45) is 0 Å². The standard InChI is InChI=1S/C26H29N3O4/c1-6-33-19-10-8-18(9-11-19)29-24(31)21(23(30)27-25(29)32)14-17-7-12-22-20(13-17)16(2)15-26(3,4)28(22)5/h7-14,16H,6,15H2,1-5H3,(H,27,30,32)/b21-14+/t16-/m0/s1. The molecule has 2 heterocycles. The first kappa shape index (κ1) is 22.6. The molecule has 7 nitrogen and oxygen atoms in total. The topological polar surface area (TPSA) is 79.0 Å². The first-order valence-corrected chi connectivity index (χ1v) is 11.1. The number of barbiturate groups is 1. The molecule has 2 aromatic carbocycles. The number of amides is 4. The van der Waals surface area contributed by atoms with E-state index in [2.05, 4.69) is 38.0 Å². The van der Waals surface area contributed by atoms with Crippen molar-refractivity contribution >= 4 is 35.3 Å². The Bertz CT molecular complexity index is 1150. The molecule has 1 N–H and O–H groups in total. The molecule has 0 saturated carbocycles. The molecule has 4 amide bonds. The number of rotatable bonds is 4. The second kappa shape index (κ2) is 8.39. The lowest BCUT2D eigenvalue weighted by Crippen LogP contribution is -2.54. The predicted molar refractivity (Wildman–Crippen MR) is 129 cm³/mol. The molecule has 1 atom stereocenters. The van der Waals surface area contributed by atoms with Crippen LogP contribution in [-0.2, 0) is 9.59 Å². The maximum atomic E-state index is 13.2. The van der Waals surface area contributed by atoms with E-state index in [1.807, 2.05) is 25.1 Å². The zero-order chi connectivity index (χ0) is 23.9. The fourth-order valence-electron chi connectivity index (χ4n) is 4.60. The Kier molecular flexibility index (Phi) is 5.74. The van der Waals surface area contributed by atoms with Gasteiger partial charge in [0.15, 0.2) is 0 Å². The quantitative estimate of drug-likeness (QED) is 0.553. The van der Waals surface area contributed by atoms with Gasteiger partial charge in [0.25, 0.3) is 11.8 Å². The molecule has 33 heavy (non-hydrogen) atoms. The molecule has 2 aliphatic heterocycles. The Balaban J connectivity index is 1.68. The summed E-state index contributed by atoms with van der Waals surface area (Å²) in [5.41, 5.74) is 3.39. The number of benzene rings is 2. The maximum Gasteiger partial charge on any atom is 0.335 e. The van der Waals surface area contributed by atoms with Crippen molar-refractivity contribution in [2.75, 3.05) is 23.5 Å². The summed E-state index contributed by atoms with van der Waals surface area (Å²) < 4.78 is 5.42. The van der Waals surface area contributed by atoms with E-state index in [-0.39, 0.29) is 11.1 Å². The molecular formula is C26H29N3O4. The predicted octanol–water partition coefficient (Wildman–Crippen LogP) is 4.47. The highest BCUT2D eigenvalue weighted by atomic mass is 16.5. The highest BCUT2D eigenvalue weighted by Gasteiger charge is 2.37. The summed E-state index contributed by atoms with van der Waals surface area (Å²) in [6, 6.07) is 11.8. The lowest BCUT2D eigenvalue weighted by Gasteiger charge is -2.45. The molecule has 1 saturated heterocycles. The van der Waals surface area contributed by atoms with Gasteiger partial charge in [-0.25, -0.2) is 9.69 Å². The third kappa shape index (κ3) is 4.11. The Morgan fingerprint density at radius 1 is 1.12 bits per heavy atom. The smallest absolute Gasteiger partial charge is 0.335 e. The van der Waals surface area contributed by atoms with Gasteiger partial charge in [-0.15, -0.1) is 0 Å². The number of ether oxygens (including phenoxy) is 1. The molecule has 2 aromatic rings. The highest BCUT2D eigenvalue weighted by molar-refractivity contribution is 6.39. The maximum absolute atomic E-state index is 13.2. The number of hydrogen-bond donors (Lipinski definition) is 1. The minimum absolute atomic E-state index is 0.0458. The molecule has 0 radical (unpaired) electrons. The minimum atomic E-state index is -0.769. The third-order valence-corrected chi connectivity index (χ3v) is 6.48. The van der Waals surface area contributed by atoms with Crippen molar-refractivity contribution in [2.45, 2.75) is 45.6 Å². The van der Waals surface area contributed by atoms with Crippen molar-refractivity contribution in [3.63, 3.8) is 0 Å². The lowest BCUT2D eigenvalue weighted by molar-refractivity contribution is -0.122. The fraction of sp³-hybridized carbons (Fsp3) is 0.346. The Labute approximate surface area is 194 Å². The summed E-state index contributed by atoms with van der Waals surface area (Å²) in [5.74, 6) is -0.384. The Morgan fingerprint density at radius 3 is 2.48 bits per heavy atom. The number of imide groups is 2. The van der Waals surface area contributed by atoms with Crippen LogP contribution in [-0.4, -0.2) is 37.0 Å². The molecule has 0 bridgehead atoms. The summed E-state index contributed by atoms with van der Waals surface area (Å²) in [6.07, 6.45) is 2.55. The van der Waals surface area contributed by atoms with Crippen molar-refractivity contribution in [1.82, 2.24) is 5.32 Å². The van der Waals surface area contributed by atoms with Gasteiger partial charge in [-0.1, -0.05) is 13.0 Å². The van der Waals surface area contributed by atoms with Gasteiger partial charge in [0, 0.05) is 18.3 Å². The van der Waals surface area contributed by atoms with Crippen LogP contribution in [0.1, 0.15) is 51.2 Å². The second-order valence-electron chi connectivity index (χ2n) is 9.18. The van der Waals surface area contributed by atoms with Gasteiger partial charge in [0.05, 0.1) is 12.3 Å². The normalized spacial score (nSPS) is 21.2. The molecule has 172 valence electrons. The van der Waals surface area contributed by atoms with Crippen LogP contribution in [0.15, 0.2) is 48.0 Å². The van der Waals surface area contributed by atoms with Gasteiger partial charge in [0.2, 0.25) is 0 Å². The van der Waals surface area contributed by atoms with Crippen LogP contribution in [0, 0.1) is 0 Å². The molecular weight excluding hydrogens is 418 g/mol. The van der Waals surface area contributed by atoms with E-state index in [1.54, 1.807) is 30.3 Å². The average molecular weight is 448 g/mol. The van der Waals surface area contributed by atoms with Crippen LogP contribution in [0.5, 0.6) is 5.75 Å². The van der Waals surface area contributed by atoms with Crippen molar-refractivity contribution < 1.29 is 19.1 Å². The Hall–Kier alpha value is -3.61. The summed E-state index contributed by atoms with van der Waals surface area (Å²) in [4.78, 5) is 41.4. The van der Waals surface area contributed by atoms with Gasteiger partial charge in [-0.2, -0.15) is 0 Å². The number of nitrogens with zero attached hydrogens (tertiary/aromatic N) is 2. The number of anilines is 2. The summed E-state index contributed by atoms with van der Waals surface area (Å²) in [5, 5.41) is 2.28. The van der Waals surface area contributed by atoms with Crippen LogP contribution in [0.2, 0.25) is 0 Å². The zero-order valence-corrected chi connectivity index (χ0v) is 19.6. The first-order valence-electron chi connectivity index (χ1n) is 11.1. The van der Waals surface area contributed by atoms with E-state index in [4.69, 9.17) is 4.74 Å². The van der Waals surface area contributed by atoms with Gasteiger partial charge in [0.1, 0.15) is 11.3 Å². The molecule has 0 unspecified atom stereocenters. The summed E-state index contributed by atoms with van der Waals surface area (Å²) in [7, 11) is 2.08. The van der Waals surface area contributed by atoms with Crippen LogP contribution in [0.4, 0.5) is 16.2 Å². The number of carbonyl (C=O) groups excluding carboxylic acids is 3. The molecule has 1 fully saturated rings. The van der Waals surface area contributed by atoms with E-state index in [0.29, 0.717) is 24.0 Å². The van der Waals surface area contributed by atoms with E-state index in [1.165, 1.54) is 5.56 Å². The van der Waals surface area contributed by atoms with E-state index >= 15 is 0 Å². The second-order valence-corrected chi connectivity index (χ2v) is 9.18. The minimum Gasteiger partial charge on any atom is -0.494 e. The highest BCUT2D eigenvalue weighted by Crippen LogP contribution is 2.42. The fourth-order valence-corrected chi connectivity index (χ4v) is 4.60. The number of carbonyl (C=O) groups is 3. The van der Waals surface area contributed by atoms with Crippen molar-refractivity contribution in [3.05, 3.63) is 59.2 Å². The van der Waals surface area contributed by atoms with Gasteiger partial charge in [-0.3, -0.25) is 14.9 Å². The number of nitrogens with one attached hydrogen (secondary N) is 1. The van der Waals surface area contributed by atoms with Crippen molar-refractivity contribution in [1.29, 1.82) is 0 Å². The van der Waals surface area contributed by atoms with Crippen LogP contribution in [0.25, 0.3) is 6.08 Å². The zero-order valence-electron chi connectivity index (χ0n) is 19.6. The molecule has 4 rings (SSSR count). The first-order chi connectivity index (χ1) is 15.6.